The predicted molar refractivity (Wildman–Crippen MR) is 55.1 cm³/mol. The standard InChI is InChI=1S/C12H20/c1-9(2)11(4)10(3)8-12-6-5-7-12/h10,12H,1,4-8H2,2-3H3. The number of hydrogen-bond acceptors (Lipinski definition) is 0. The van der Waals surface area contributed by atoms with Crippen LogP contribution >= 0.6 is 0 Å². The van der Waals surface area contributed by atoms with Gasteiger partial charge in [-0.25, -0.2) is 0 Å². The van der Waals surface area contributed by atoms with Crippen LogP contribution in [0.15, 0.2) is 24.3 Å². The van der Waals surface area contributed by atoms with Gasteiger partial charge in [0.05, 0.1) is 0 Å². The number of allylic oxidation sites excluding steroid dienone is 2. The van der Waals surface area contributed by atoms with E-state index in [-0.39, 0.29) is 0 Å². The third kappa shape index (κ3) is 2.23. The number of rotatable bonds is 4. The summed E-state index contributed by atoms with van der Waals surface area (Å²) in [6.07, 6.45) is 5.64. The topological polar surface area (TPSA) is 0 Å². The summed E-state index contributed by atoms with van der Waals surface area (Å²) in [4.78, 5) is 0. The zero-order chi connectivity index (χ0) is 9.14. The molecule has 0 spiro atoms. The third-order valence-electron chi connectivity index (χ3n) is 3.05. The van der Waals surface area contributed by atoms with Crippen LogP contribution in [0.3, 0.4) is 0 Å². The molecular formula is C12H20. The molecule has 1 aliphatic rings. The summed E-state index contributed by atoms with van der Waals surface area (Å²) in [6, 6.07) is 0. The Labute approximate surface area is 76.4 Å². The lowest BCUT2D eigenvalue weighted by Gasteiger charge is -2.29. The van der Waals surface area contributed by atoms with Crippen molar-refractivity contribution >= 4 is 0 Å². The van der Waals surface area contributed by atoms with Crippen LogP contribution in [0.2, 0.25) is 0 Å². The van der Waals surface area contributed by atoms with Crippen molar-refractivity contribution in [1.82, 2.24) is 0 Å². The lowest BCUT2D eigenvalue weighted by Crippen LogP contribution is -2.15. The third-order valence-corrected chi connectivity index (χ3v) is 3.05. The molecule has 0 aliphatic heterocycles. The maximum atomic E-state index is 4.07. The molecule has 0 saturated heterocycles. The van der Waals surface area contributed by atoms with Gasteiger partial charge in [-0.3, -0.25) is 0 Å². The summed E-state index contributed by atoms with van der Waals surface area (Å²) in [5, 5.41) is 0. The van der Waals surface area contributed by atoms with Gasteiger partial charge in [-0.15, -0.1) is 0 Å². The average molecular weight is 164 g/mol. The molecule has 0 heterocycles. The van der Waals surface area contributed by atoms with E-state index in [9.17, 15) is 0 Å². The van der Waals surface area contributed by atoms with E-state index in [0.29, 0.717) is 5.92 Å². The Morgan fingerprint density at radius 1 is 1.42 bits per heavy atom. The molecule has 0 N–H and O–H groups in total. The van der Waals surface area contributed by atoms with E-state index in [1.807, 2.05) is 0 Å². The quantitative estimate of drug-likeness (QED) is 0.552. The normalized spacial score (nSPS) is 19.8. The van der Waals surface area contributed by atoms with E-state index in [1.165, 1.54) is 31.3 Å². The van der Waals surface area contributed by atoms with Crippen molar-refractivity contribution in [3.8, 4) is 0 Å². The minimum Gasteiger partial charge on any atom is -0.0958 e. The van der Waals surface area contributed by atoms with Gasteiger partial charge in [0, 0.05) is 0 Å². The molecule has 0 amide bonds. The van der Waals surface area contributed by atoms with Gasteiger partial charge in [-0.05, 0) is 25.2 Å². The van der Waals surface area contributed by atoms with E-state index >= 15 is 0 Å². The van der Waals surface area contributed by atoms with Crippen molar-refractivity contribution in [2.75, 3.05) is 0 Å². The molecule has 1 rings (SSSR count). The van der Waals surface area contributed by atoms with Gasteiger partial charge in [-0.1, -0.05) is 50.5 Å². The molecule has 0 aromatic heterocycles. The van der Waals surface area contributed by atoms with Crippen molar-refractivity contribution < 1.29 is 0 Å². The fourth-order valence-electron chi connectivity index (χ4n) is 1.79. The van der Waals surface area contributed by atoms with Gasteiger partial charge < -0.3 is 0 Å². The minimum atomic E-state index is 0.646. The highest BCUT2D eigenvalue weighted by Crippen LogP contribution is 2.34. The maximum absolute atomic E-state index is 4.07. The molecule has 0 heteroatoms. The molecule has 0 aromatic carbocycles. The first-order valence-electron chi connectivity index (χ1n) is 4.96. The highest BCUT2D eigenvalue weighted by atomic mass is 14.3. The van der Waals surface area contributed by atoms with Crippen LogP contribution in [-0.2, 0) is 0 Å². The zero-order valence-electron chi connectivity index (χ0n) is 8.40. The minimum absolute atomic E-state index is 0.646. The molecule has 0 aromatic rings. The second-order valence-corrected chi connectivity index (χ2v) is 4.24. The molecular weight excluding hydrogens is 144 g/mol. The lowest BCUT2D eigenvalue weighted by molar-refractivity contribution is 0.270. The second kappa shape index (κ2) is 3.93. The summed E-state index contributed by atoms with van der Waals surface area (Å²) in [6.45, 7) is 12.3. The Kier molecular flexibility index (Phi) is 3.13. The highest BCUT2D eigenvalue weighted by molar-refractivity contribution is 5.24. The first-order valence-corrected chi connectivity index (χ1v) is 4.96. The molecule has 12 heavy (non-hydrogen) atoms. The molecule has 0 bridgehead atoms. The van der Waals surface area contributed by atoms with E-state index in [2.05, 4.69) is 27.0 Å². The van der Waals surface area contributed by atoms with Crippen LogP contribution in [0, 0.1) is 11.8 Å². The Morgan fingerprint density at radius 3 is 2.33 bits per heavy atom. The summed E-state index contributed by atoms with van der Waals surface area (Å²) in [5.74, 6) is 1.63. The average Bonchev–Trinajstić information content (AvgIpc) is 1.94. The summed E-state index contributed by atoms with van der Waals surface area (Å²) in [5.41, 5.74) is 2.41. The largest absolute Gasteiger partial charge is 0.0958 e. The fourth-order valence-corrected chi connectivity index (χ4v) is 1.79. The van der Waals surface area contributed by atoms with Gasteiger partial charge in [0.25, 0.3) is 0 Å². The summed E-state index contributed by atoms with van der Waals surface area (Å²) < 4.78 is 0. The first-order chi connectivity index (χ1) is 5.61. The van der Waals surface area contributed by atoms with Gasteiger partial charge in [-0.2, -0.15) is 0 Å². The van der Waals surface area contributed by atoms with Crippen molar-refractivity contribution in [3.63, 3.8) is 0 Å². The van der Waals surface area contributed by atoms with E-state index in [1.54, 1.807) is 0 Å². The van der Waals surface area contributed by atoms with Crippen LogP contribution < -0.4 is 0 Å². The van der Waals surface area contributed by atoms with Crippen LogP contribution in [0.5, 0.6) is 0 Å². The zero-order valence-corrected chi connectivity index (χ0v) is 8.40. The summed E-state index contributed by atoms with van der Waals surface area (Å²) >= 11 is 0. The Hall–Kier alpha value is -0.520. The SMILES string of the molecule is C=C(C)C(=C)C(C)CC1CCC1. The van der Waals surface area contributed by atoms with Crippen LogP contribution in [-0.4, -0.2) is 0 Å². The van der Waals surface area contributed by atoms with Gasteiger partial charge in [0.1, 0.15) is 0 Å². The fraction of sp³-hybridized carbons (Fsp3) is 0.667. The predicted octanol–water partition coefficient (Wildman–Crippen LogP) is 3.95. The highest BCUT2D eigenvalue weighted by Gasteiger charge is 2.20. The molecule has 1 unspecified atom stereocenters. The van der Waals surface area contributed by atoms with Crippen LogP contribution in [0.4, 0.5) is 0 Å². The Bertz CT molecular complexity index is 184. The van der Waals surface area contributed by atoms with Gasteiger partial charge >= 0.3 is 0 Å². The molecule has 1 aliphatic carbocycles. The van der Waals surface area contributed by atoms with Crippen molar-refractivity contribution in [1.29, 1.82) is 0 Å². The van der Waals surface area contributed by atoms with E-state index < -0.39 is 0 Å². The Morgan fingerprint density at radius 2 is 2.00 bits per heavy atom. The lowest BCUT2D eigenvalue weighted by atomic mass is 9.77. The van der Waals surface area contributed by atoms with Gasteiger partial charge in [0.15, 0.2) is 0 Å². The Balaban J connectivity index is 2.31. The van der Waals surface area contributed by atoms with Crippen molar-refractivity contribution in [2.24, 2.45) is 11.8 Å². The molecule has 1 fully saturated rings. The van der Waals surface area contributed by atoms with Crippen LogP contribution in [0.1, 0.15) is 39.5 Å². The molecule has 0 nitrogen and oxygen atoms in total. The summed E-state index contributed by atoms with van der Waals surface area (Å²) in [7, 11) is 0. The monoisotopic (exact) mass is 164 g/mol. The number of hydrogen-bond donors (Lipinski definition) is 0. The molecule has 1 atom stereocenters. The second-order valence-electron chi connectivity index (χ2n) is 4.24. The van der Waals surface area contributed by atoms with Crippen molar-refractivity contribution in [2.45, 2.75) is 39.5 Å². The smallest absolute Gasteiger partial charge is 0.0191 e. The molecule has 1 saturated carbocycles. The first kappa shape index (κ1) is 9.57. The van der Waals surface area contributed by atoms with Crippen LogP contribution in [0.25, 0.3) is 0 Å². The molecule has 0 radical (unpaired) electrons. The van der Waals surface area contributed by atoms with Gasteiger partial charge in [0.2, 0.25) is 0 Å². The molecule has 68 valence electrons. The van der Waals surface area contributed by atoms with E-state index in [4.69, 9.17) is 0 Å². The van der Waals surface area contributed by atoms with Crippen molar-refractivity contribution in [3.05, 3.63) is 24.3 Å². The maximum Gasteiger partial charge on any atom is -0.0191 e. The van der Waals surface area contributed by atoms with E-state index in [0.717, 1.165) is 11.5 Å².